The predicted molar refractivity (Wildman–Crippen MR) is 86.5 cm³/mol. The van der Waals surface area contributed by atoms with Gasteiger partial charge in [-0.3, -0.25) is 4.79 Å². The van der Waals surface area contributed by atoms with Crippen LogP contribution >= 0.6 is 0 Å². The molecule has 3 atom stereocenters. The van der Waals surface area contributed by atoms with Crippen molar-refractivity contribution in [1.29, 1.82) is 0 Å². The van der Waals surface area contributed by atoms with Crippen molar-refractivity contribution in [3.63, 3.8) is 0 Å². The van der Waals surface area contributed by atoms with Crippen molar-refractivity contribution in [3.05, 3.63) is 0 Å². The highest BCUT2D eigenvalue weighted by Crippen LogP contribution is 2.38. The quantitative estimate of drug-likeness (QED) is 0.738. The van der Waals surface area contributed by atoms with Gasteiger partial charge in [0.15, 0.2) is 0 Å². The molecule has 1 rings (SSSR count). The van der Waals surface area contributed by atoms with Crippen molar-refractivity contribution in [2.24, 2.45) is 29.6 Å². The maximum absolute atomic E-state index is 13.0. The topological polar surface area (TPSA) is 20.3 Å². The zero-order valence-corrected chi connectivity index (χ0v) is 14.8. The molecule has 2 heteroatoms. The van der Waals surface area contributed by atoms with Gasteiger partial charge in [-0.2, -0.15) is 0 Å². The van der Waals surface area contributed by atoms with Gasteiger partial charge in [0.1, 0.15) is 0 Å². The summed E-state index contributed by atoms with van der Waals surface area (Å²) in [6.07, 6.45) is 2.25. The molecule has 2 nitrogen and oxygen atoms in total. The minimum Gasteiger partial charge on any atom is -0.336 e. The molecule has 1 aliphatic rings. The van der Waals surface area contributed by atoms with Crippen LogP contribution in [0.4, 0.5) is 0 Å². The second-order valence-electron chi connectivity index (χ2n) is 7.91. The Labute approximate surface area is 126 Å². The number of rotatable bonds is 4. The molecule has 3 unspecified atom stereocenters. The molecule has 0 radical (unpaired) electrons. The number of amides is 1. The number of nitrogens with zero attached hydrogens (tertiary/aromatic N) is 1. The first-order valence-corrected chi connectivity index (χ1v) is 8.50. The Kier molecular flexibility index (Phi) is 6.09. The third-order valence-electron chi connectivity index (χ3n) is 5.04. The SMILES string of the molecule is CC(C)C1CCC(C(C)C)C(C(C)C)N(C(C)C)C1=O. The van der Waals surface area contributed by atoms with Gasteiger partial charge in [-0.05, 0) is 50.4 Å². The lowest BCUT2D eigenvalue weighted by Crippen LogP contribution is -2.52. The van der Waals surface area contributed by atoms with Crippen molar-refractivity contribution < 1.29 is 4.79 Å². The summed E-state index contributed by atoms with van der Waals surface area (Å²) < 4.78 is 0. The molecule has 0 aromatic heterocycles. The summed E-state index contributed by atoms with van der Waals surface area (Å²) in [5.41, 5.74) is 0. The number of hydrogen-bond acceptors (Lipinski definition) is 1. The molecule has 1 aliphatic heterocycles. The molecule has 0 aromatic rings. The highest BCUT2D eigenvalue weighted by atomic mass is 16.2. The van der Waals surface area contributed by atoms with Gasteiger partial charge in [0.05, 0.1) is 0 Å². The van der Waals surface area contributed by atoms with Crippen LogP contribution in [-0.4, -0.2) is 22.9 Å². The van der Waals surface area contributed by atoms with Gasteiger partial charge in [0.2, 0.25) is 5.91 Å². The fourth-order valence-corrected chi connectivity index (χ4v) is 3.97. The average molecular weight is 281 g/mol. The van der Waals surface area contributed by atoms with Gasteiger partial charge >= 0.3 is 0 Å². The van der Waals surface area contributed by atoms with Crippen LogP contribution in [0.15, 0.2) is 0 Å². The first kappa shape index (κ1) is 17.5. The van der Waals surface area contributed by atoms with Crippen LogP contribution in [0.2, 0.25) is 0 Å². The second-order valence-corrected chi connectivity index (χ2v) is 7.91. The van der Waals surface area contributed by atoms with E-state index in [2.05, 4.69) is 60.3 Å². The number of hydrogen-bond donors (Lipinski definition) is 0. The van der Waals surface area contributed by atoms with Crippen molar-refractivity contribution in [3.8, 4) is 0 Å². The zero-order chi connectivity index (χ0) is 15.6. The summed E-state index contributed by atoms with van der Waals surface area (Å²) in [4.78, 5) is 15.3. The molecule has 118 valence electrons. The molecule has 1 saturated heterocycles. The number of carbonyl (C=O) groups is 1. The fourth-order valence-electron chi connectivity index (χ4n) is 3.97. The summed E-state index contributed by atoms with van der Waals surface area (Å²) in [6, 6.07) is 0.696. The van der Waals surface area contributed by atoms with Crippen molar-refractivity contribution >= 4 is 5.91 Å². The third-order valence-corrected chi connectivity index (χ3v) is 5.04. The van der Waals surface area contributed by atoms with E-state index in [0.717, 1.165) is 6.42 Å². The molecular weight excluding hydrogens is 246 g/mol. The summed E-state index contributed by atoms with van der Waals surface area (Å²) in [7, 11) is 0. The molecular formula is C18H35NO. The zero-order valence-electron chi connectivity index (χ0n) is 14.8. The van der Waals surface area contributed by atoms with Crippen molar-refractivity contribution in [2.75, 3.05) is 0 Å². The Bertz CT molecular complexity index is 319. The van der Waals surface area contributed by atoms with E-state index in [1.54, 1.807) is 0 Å². The molecule has 0 bridgehead atoms. The molecule has 1 amide bonds. The first-order valence-electron chi connectivity index (χ1n) is 8.50. The van der Waals surface area contributed by atoms with Crippen molar-refractivity contribution in [2.45, 2.75) is 80.3 Å². The van der Waals surface area contributed by atoms with Crippen LogP contribution in [0.3, 0.4) is 0 Å². The minimum absolute atomic E-state index is 0.211. The van der Waals surface area contributed by atoms with Gasteiger partial charge < -0.3 is 4.90 Å². The molecule has 0 spiro atoms. The monoisotopic (exact) mass is 281 g/mol. The van der Waals surface area contributed by atoms with Crippen LogP contribution in [0, 0.1) is 29.6 Å². The summed E-state index contributed by atoms with van der Waals surface area (Å²) >= 11 is 0. The van der Waals surface area contributed by atoms with Crippen LogP contribution in [0.1, 0.15) is 68.2 Å². The van der Waals surface area contributed by atoms with Crippen LogP contribution < -0.4 is 0 Å². The van der Waals surface area contributed by atoms with Gasteiger partial charge in [0.25, 0.3) is 0 Å². The number of carbonyl (C=O) groups excluding carboxylic acids is 1. The van der Waals surface area contributed by atoms with E-state index in [9.17, 15) is 4.79 Å². The normalized spacial score (nSPS) is 28.9. The molecule has 0 N–H and O–H groups in total. The van der Waals surface area contributed by atoms with Gasteiger partial charge in [-0.25, -0.2) is 0 Å². The largest absolute Gasteiger partial charge is 0.336 e. The van der Waals surface area contributed by atoms with Crippen LogP contribution in [0.25, 0.3) is 0 Å². The lowest BCUT2D eigenvalue weighted by molar-refractivity contribution is -0.142. The maximum Gasteiger partial charge on any atom is 0.226 e. The van der Waals surface area contributed by atoms with E-state index in [1.807, 2.05) is 0 Å². The molecule has 20 heavy (non-hydrogen) atoms. The average Bonchev–Trinajstić information content (AvgIpc) is 2.45. The minimum atomic E-state index is 0.211. The Morgan fingerprint density at radius 2 is 1.40 bits per heavy atom. The highest BCUT2D eigenvalue weighted by Gasteiger charge is 2.42. The molecule has 0 aromatic carbocycles. The van der Waals surface area contributed by atoms with Gasteiger partial charge in [-0.1, -0.05) is 41.5 Å². The summed E-state index contributed by atoms with van der Waals surface area (Å²) in [5.74, 6) is 2.86. The van der Waals surface area contributed by atoms with Crippen molar-refractivity contribution in [1.82, 2.24) is 4.90 Å². The first-order chi connectivity index (χ1) is 9.18. The lowest BCUT2D eigenvalue weighted by Gasteiger charge is -2.42. The summed E-state index contributed by atoms with van der Waals surface area (Å²) in [5, 5.41) is 0. The molecule has 1 heterocycles. The number of likely N-dealkylation sites (tertiary alicyclic amines) is 1. The second kappa shape index (κ2) is 6.95. The van der Waals surface area contributed by atoms with E-state index >= 15 is 0 Å². The Hall–Kier alpha value is -0.530. The standard InChI is InChI=1S/C18H35NO/c1-11(2)15-9-10-16(12(3)4)18(20)19(14(7)8)17(15)13(5)6/h11-17H,9-10H2,1-8H3. The fraction of sp³-hybridized carbons (Fsp3) is 0.944. The molecule has 0 aliphatic carbocycles. The molecule has 0 saturated carbocycles. The Morgan fingerprint density at radius 1 is 0.850 bits per heavy atom. The maximum atomic E-state index is 13.0. The molecule has 1 fully saturated rings. The Morgan fingerprint density at radius 3 is 1.75 bits per heavy atom. The van der Waals surface area contributed by atoms with Crippen LogP contribution in [0.5, 0.6) is 0 Å². The third kappa shape index (κ3) is 3.56. The smallest absolute Gasteiger partial charge is 0.226 e. The predicted octanol–water partition coefficient (Wildman–Crippen LogP) is 4.59. The lowest BCUT2D eigenvalue weighted by atomic mass is 9.78. The van der Waals surface area contributed by atoms with E-state index in [0.29, 0.717) is 41.7 Å². The van der Waals surface area contributed by atoms with E-state index in [4.69, 9.17) is 0 Å². The summed E-state index contributed by atoms with van der Waals surface area (Å²) in [6.45, 7) is 17.9. The van der Waals surface area contributed by atoms with E-state index in [-0.39, 0.29) is 5.92 Å². The Balaban J connectivity index is 3.21. The van der Waals surface area contributed by atoms with Gasteiger partial charge in [0, 0.05) is 18.0 Å². The van der Waals surface area contributed by atoms with E-state index < -0.39 is 0 Å². The van der Waals surface area contributed by atoms with E-state index in [1.165, 1.54) is 6.42 Å². The van der Waals surface area contributed by atoms with Gasteiger partial charge in [-0.15, -0.1) is 0 Å². The van der Waals surface area contributed by atoms with Crippen LogP contribution in [-0.2, 0) is 4.79 Å². The highest BCUT2D eigenvalue weighted by molar-refractivity contribution is 5.80.